The largest absolute Gasteiger partial charge is 0.493 e. The minimum atomic E-state index is -0.206. The predicted molar refractivity (Wildman–Crippen MR) is 121 cm³/mol. The lowest BCUT2D eigenvalue weighted by molar-refractivity contribution is -0.683. The van der Waals surface area contributed by atoms with E-state index in [1.165, 1.54) is 0 Å². The van der Waals surface area contributed by atoms with Crippen molar-refractivity contribution in [3.63, 3.8) is 0 Å². The monoisotopic (exact) mass is 420 g/mol. The van der Waals surface area contributed by atoms with Gasteiger partial charge in [-0.15, -0.1) is 6.58 Å². The van der Waals surface area contributed by atoms with Crippen LogP contribution in [0.15, 0.2) is 79.9 Å². The highest BCUT2D eigenvalue weighted by atomic mass is 16.5. The van der Waals surface area contributed by atoms with Gasteiger partial charge in [0.25, 0.3) is 5.91 Å². The van der Waals surface area contributed by atoms with Gasteiger partial charge in [0.05, 0.1) is 13.2 Å². The molecule has 1 heterocycles. The molecule has 0 aliphatic heterocycles. The fourth-order valence-electron chi connectivity index (χ4n) is 3.36. The second-order valence-corrected chi connectivity index (χ2v) is 7.23. The Morgan fingerprint density at radius 1 is 1.23 bits per heavy atom. The summed E-state index contributed by atoms with van der Waals surface area (Å²) in [6.07, 6.45) is 7.26. The molecular formula is C25H30N3O3+. The van der Waals surface area contributed by atoms with E-state index >= 15 is 0 Å². The van der Waals surface area contributed by atoms with Crippen molar-refractivity contribution in [3.05, 3.63) is 91.0 Å². The molecule has 0 fully saturated rings. The second kappa shape index (κ2) is 11.1. The lowest BCUT2D eigenvalue weighted by atomic mass is 10.1. The van der Waals surface area contributed by atoms with Crippen LogP contribution in [0.1, 0.15) is 24.2 Å². The Morgan fingerprint density at radius 2 is 2.00 bits per heavy atom. The van der Waals surface area contributed by atoms with Crippen LogP contribution in [0.2, 0.25) is 0 Å². The van der Waals surface area contributed by atoms with Gasteiger partial charge in [0.2, 0.25) is 6.33 Å². The van der Waals surface area contributed by atoms with Crippen molar-refractivity contribution in [3.8, 4) is 5.75 Å². The molecule has 0 bridgehead atoms. The van der Waals surface area contributed by atoms with E-state index in [-0.39, 0.29) is 18.6 Å². The van der Waals surface area contributed by atoms with Crippen molar-refractivity contribution < 1.29 is 18.8 Å². The number of aryl methyl sites for hydroxylation is 1. The summed E-state index contributed by atoms with van der Waals surface area (Å²) in [7, 11) is 0. The van der Waals surface area contributed by atoms with Crippen LogP contribution in [0, 0.1) is 6.92 Å². The van der Waals surface area contributed by atoms with Gasteiger partial charge in [-0.1, -0.05) is 42.5 Å². The summed E-state index contributed by atoms with van der Waals surface area (Å²) in [6.45, 7) is 9.54. The number of anilines is 1. The van der Waals surface area contributed by atoms with Crippen molar-refractivity contribution in [2.45, 2.75) is 33.0 Å². The van der Waals surface area contributed by atoms with Crippen LogP contribution in [-0.4, -0.2) is 23.7 Å². The Labute approximate surface area is 183 Å². The molecule has 2 aromatic carbocycles. The molecule has 1 aromatic heterocycles. The van der Waals surface area contributed by atoms with Gasteiger partial charge in [0, 0.05) is 11.3 Å². The third-order valence-electron chi connectivity index (χ3n) is 4.85. The van der Waals surface area contributed by atoms with Gasteiger partial charge in [0.15, 0.2) is 6.54 Å². The Kier molecular flexibility index (Phi) is 8.01. The van der Waals surface area contributed by atoms with Crippen molar-refractivity contribution in [1.29, 1.82) is 0 Å². The summed E-state index contributed by atoms with van der Waals surface area (Å²) in [5, 5.41) is 2.96. The first-order valence-electron chi connectivity index (χ1n) is 10.4. The van der Waals surface area contributed by atoms with E-state index in [4.69, 9.17) is 9.47 Å². The van der Waals surface area contributed by atoms with E-state index in [1.54, 1.807) is 6.08 Å². The number of carbonyl (C=O) groups is 1. The number of benzene rings is 2. The number of carbonyl (C=O) groups excluding carboxylic acids is 1. The van der Waals surface area contributed by atoms with Gasteiger partial charge < -0.3 is 14.8 Å². The first-order chi connectivity index (χ1) is 15.1. The van der Waals surface area contributed by atoms with Crippen molar-refractivity contribution in [1.82, 2.24) is 4.57 Å². The standard InChI is InChI=1S/C25H29N3O3/c1-4-16-31-24(21-11-7-9-13-23(21)30-5-2)17-27-14-15-28(19-27)18-25(29)26-22-12-8-6-10-20(22)3/h4,6-15,19,24H,1,5,16-18H2,2-3H3/p+1. The Morgan fingerprint density at radius 3 is 2.77 bits per heavy atom. The van der Waals surface area contributed by atoms with E-state index < -0.39 is 0 Å². The summed E-state index contributed by atoms with van der Waals surface area (Å²) in [5.74, 6) is 0.745. The number of rotatable bonds is 11. The van der Waals surface area contributed by atoms with Crippen LogP contribution in [0.25, 0.3) is 0 Å². The van der Waals surface area contributed by atoms with Gasteiger partial charge in [-0.2, -0.15) is 0 Å². The summed E-state index contributed by atoms with van der Waals surface area (Å²) < 4.78 is 15.7. The van der Waals surface area contributed by atoms with Crippen LogP contribution >= 0.6 is 0 Å². The molecule has 1 amide bonds. The first kappa shape index (κ1) is 22.3. The number of aromatic nitrogens is 2. The van der Waals surface area contributed by atoms with Gasteiger partial charge in [-0.25, -0.2) is 9.13 Å². The minimum absolute atomic E-state index is 0.0711. The number of ether oxygens (including phenoxy) is 2. The zero-order chi connectivity index (χ0) is 22.1. The fraction of sp³-hybridized carbons (Fsp3) is 0.280. The number of hydrogen-bond donors (Lipinski definition) is 1. The molecule has 0 aliphatic carbocycles. The molecule has 0 saturated carbocycles. The summed E-state index contributed by atoms with van der Waals surface area (Å²) in [4.78, 5) is 12.5. The number of imidazole rings is 1. The van der Waals surface area contributed by atoms with Crippen molar-refractivity contribution >= 4 is 11.6 Å². The van der Waals surface area contributed by atoms with Gasteiger partial charge in [-0.05, 0) is 31.5 Å². The highest BCUT2D eigenvalue weighted by Crippen LogP contribution is 2.29. The molecular weight excluding hydrogens is 390 g/mol. The highest BCUT2D eigenvalue weighted by Gasteiger charge is 2.20. The molecule has 6 nitrogen and oxygen atoms in total. The first-order valence-corrected chi connectivity index (χ1v) is 10.4. The molecule has 0 aliphatic rings. The topological polar surface area (TPSA) is 56.4 Å². The molecule has 1 N–H and O–H groups in total. The Hall–Kier alpha value is -3.38. The molecule has 6 heteroatoms. The Balaban J connectivity index is 1.69. The van der Waals surface area contributed by atoms with E-state index in [0.29, 0.717) is 19.8 Å². The fourth-order valence-corrected chi connectivity index (χ4v) is 3.36. The molecule has 0 spiro atoms. The van der Waals surface area contributed by atoms with Crippen LogP contribution in [0.5, 0.6) is 5.75 Å². The zero-order valence-corrected chi connectivity index (χ0v) is 18.2. The molecule has 3 rings (SSSR count). The number of nitrogens with zero attached hydrogens (tertiary/aromatic N) is 2. The van der Waals surface area contributed by atoms with E-state index in [0.717, 1.165) is 22.6 Å². The number of nitrogens with one attached hydrogen (secondary N) is 1. The van der Waals surface area contributed by atoms with Crippen molar-refractivity contribution in [2.75, 3.05) is 18.5 Å². The lowest BCUT2D eigenvalue weighted by Crippen LogP contribution is -2.38. The van der Waals surface area contributed by atoms with E-state index in [2.05, 4.69) is 11.9 Å². The summed E-state index contributed by atoms with van der Waals surface area (Å²) in [6, 6.07) is 15.7. The highest BCUT2D eigenvalue weighted by molar-refractivity contribution is 5.90. The molecule has 3 aromatic rings. The third-order valence-corrected chi connectivity index (χ3v) is 4.85. The third kappa shape index (κ3) is 6.30. The van der Waals surface area contributed by atoms with Crippen LogP contribution in [0.3, 0.4) is 0 Å². The average molecular weight is 421 g/mol. The molecule has 162 valence electrons. The second-order valence-electron chi connectivity index (χ2n) is 7.23. The zero-order valence-electron chi connectivity index (χ0n) is 18.2. The lowest BCUT2D eigenvalue weighted by Gasteiger charge is -2.19. The van der Waals surface area contributed by atoms with Gasteiger partial charge in [-0.3, -0.25) is 4.79 Å². The SMILES string of the molecule is C=CCOC(Cn1cc[n+](CC(=O)Nc2ccccc2C)c1)c1ccccc1OCC. The maximum absolute atomic E-state index is 12.5. The summed E-state index contributed by atoms with van der Waals surface area (Å²) in [5.41, 5.74) is 2.86. The van der Waals surface area contributed by atoms with Crippen LogP contribution in [-0.2, 0) is 22.6 Å². The molecule has 31 heavy (non-hydrogen) atoms. The van der Waals surface area contributed by atoms with Crippen LogP contribution < -0.4 is 14.6 Å². The number of amides is 1. The quantitative estimate of drug-likeness (QED) is 0.376. The molecule has 0 radical (unpaired) electrons. The Bertz CT molecular complexity index is 1010. The van der Waals surface area contributed by atoms with Gasteiger partial charge >= 0.3 is 0 Å². The van der Waals surface area contributed by atoms with E-state index in [1.807, 2.05) is 90.2 Å². The minimum Gasteiger partial charge on any atom is -0.493 e. The smallest absolute Gasteiger partial charge is 0.266 e. The normalized spacial score (nSPS) is 11.7. The number of hydrogen-bond acceptors (Lipinski definition) is 3. The number of para-hydroxylation sites is 2. The summed E-state index contributed by atoms with van der Waals surface area (Å²) >= 11 is 0. The predicted octanol–water partition coefficient (Wildman–Crippen LogP) is 4.07. The maximum Gasteiger partial charge on any atom is 0.266 e. The van der Waals surface area contributed by atoms with E-state index in [9.17, 15) is 4.79 Å². The average Bonchev–Trinajstić information content (AvgIpc) is 3.20. The molecule has 1 unspecified atom stereocenters. The van der Waals surface area contributed by atoms with Crippen LogP contribution in [0.4, 0.5) is 5.69 Å². The molecule has 1 atom stereocenters. The van der Waals surface area contributed by atoms with Gasteiger partial charge in [0.1, 0.15) is 30.8 Å². The maximum atomic E-state index is 12.5. The molecule has 0 saturated heterocycles. The van der Waals surface area contributed by atoms with Crippen molar-refractivity contribution in [2.24, 2.45) is 0 Å².